The van der Waals surface area contributed by atoms with Crippen molar-refractivity contribution in [1.29, 1.82) is 0 Å². The minimum absolute atomic E-state index is 0.310. The maximum atomic E-state index is 9.34. The molecule has 16 heavy (non-hydrogen) atoms. The summed E-state index contributed by atoms with van der Waals surface area (Å²) >= 11 is 0. The van der Waals surface area contributed by atoms with Crippen LogP contribution in [0.5, 0.6) is 0 Å². The second-order valence-corrected chi connectivity index (χ2v) is 6.30. The topological polar surface area (TPSA) is 23.5 Å². The van der Waals surface area contributed by atoms with Gasteiger partial charge in [0.05, 0.1) is 0 Å². The van der Waals surface area contributed by atoms with Crippen LogP contribution in [-0.2, 0) is 0 Å². The molecule has 0 amide bonds. The Labute approximate surface area is 100 Å². The monoisotopic (exact) mass is 225 g/mol. The van der Waals surface area contributed by atoms with Gasteiger partial charge in [0, 0.05) is 31.7 Å². The highest BCUT2D eigenvalue weighted by molar-refractivity contribution is 5.01. The lowest BCUT2D eigenvalue weighted by atomic mass is 9.72. The van der Waals surface area contributed by atoms with E-state index in [0.29, 0.717) is 17.4 Å². The Bertz CT molecular complexity index is 221. The smallest absolute Gasteiger partial charge is 0.0499 e. The van der Waals surface area contributed by atoms with E-state index in [1.165, 1.54) is 51.6 Å². The maximum Gasteiger partial charge on any atom is 0.0499 e. The second-order valence-electron chi connectivity index (χ2n) is 6.30. The Balaban J connectivity index is 1.77. The Morgan fingerprint density at radius 1 is 1.00 bits per heavy atom. The molecule has 1 aliphatic heterocycles. The van der Waals surface area contributed by atoms with Crippen molar-refractivity contribution in [2.45, 2.75) is 52.4 Å². The van der Waals surface area contributed by atoms with Gasteiger partial charge < -0.3 is 10.0 Å². The van der Waals surface area contributed by atoms with Gasteiger partial charge in [0.15, 0.2) is 0 Å². The van der Waals surface area contributed by atoms with Crippen LogP contribution >= 0.6 is 0 Å². The third-order valence-corrected chi connectivity index (χ3v) is 4.53. The quantitative estimate of drug-likeness (QED) is 0.720. The molecule has 1 N–H and O–H groups in total. The van der Waals surface area contributed by atoms with E-state index in [9.17, 15) is 5.11 Å². The summed E-state index contributed by atoms with van der Waals surface area (Å²) in [6.45, 7) is 8.73. The number of nitrogens with zero attached hydrogens (tertiary/aromatic N) is 1. The van der Waals surface area contributed by atoms with Crippen LogP contribution in [0, 0.1) is 10.8 Å². The zero-order chi connectivity index (χ0) is 11.6. The fourth-order valence-electron chi connectivity index (χ4n) is 3.53. The van der Waals surface area contributed by atoms with Crippen molar-refractivity contribution < 1.29 is 5.11 Å². The first-order chi connectivity index (χ1) is 7.67. The number of likely N-dealkylation sites (tertiary alicyclic amines) is 1. The van der Waals surface area contributed by atoms with Crippen molar-refractivity contribution in [2.24, 2.45) is 10.8 Å². The molecular weight excluding hydrogens is 198 g/mol. The number of rotatable bonds is 7. The van der Waals surface area contributed by atoms with Gasteiger partial charge in [-0.2, -0.15) is 0 Å². The largest absolute Gasteiger partial charge is 0.396 e. The van der Waals surface area contributed by atoms with Crippen LogP contribution in [0.1, 0.15) is 52.4 Å². The molecule has 0 bridgehead atoms. The van der Waals surface area contributed by atoms with Gasteiger partial charge in [0.2, 0.25) is 0 Å². The van der Waals surface area contributed by atoms with Gasteiger partial charge in [-0.3, -0.25) is 0 Å². The molecule has 1 aliphatic carbocycles. The first-order valence-corrected chi connectivity index (χ1v) is 7.01. The highest BCUT2D eigenvalue weighted by Crippen LogP contribution is 2.49. The standard InChI is InChI=1S/C14H27NO/c1-3-5-13(6-4-2)9-15(10-13)11-14(12-16)7-8-14/h16H,3-12H2,1-2H3. The normalized spacial score (nSPS) is 26.4. The summed E-state index contributed by atoms with van der Waals surface area (Å²) in [5, 5.41) is 9.34. The Morgan fingerprint density at radius 2 is 1.56 bits per heavy atom. The molecule has 2 fully saturated rings. The SMILES string of the molecule is CCCC1(CCC)CN(CC2(CO)CC2)C1. The first-order valence-electron chi connectivity index (χ1n) is 7.01. The van der Waals surface area contributed by atoms with Crippen LogP contribution in [0.4, 0.5) is 0 Å². The molecule has 0 aromatic carbocycles. The van der Waals surface area contributed by atoms with Gasteiger partial charge in [0.25, 0.3) is 0 Å². The van der Waals surface area contributed by atoms with E-state index < -0.39 is 0 Å². The fraction of sp³-hybridized carbons (Fsp3) is 1.00. The number of hydrogen-bond donors (Lipinski definition) is 1. The predicted octanol–water partition coefficient (Wildman–Crippen LogP) is 2.66. The van der Waals surface area contributed by atoms with Crippen molar-refractivity contribution in [3.8, 4) is 0 Å². The third-order valence-electron chi connectivity index (χ3n) is 4.53. The van der Waals surface area contributed by atoms with Crippen LogP contribution in [0.25, 0.3) is 0 Å². The molecule has 94 valence electrons. The van der Waals surface area contributed by atoms with Crippen molar-refractivity contribution >= 4 is 0 Å². The lowest BCUT2D eigenvalue weighted by Crippen LogP contribution is -2.57. The van der Waals surface area contributed by atoms with Gasteiger partial charge in [-0.05, 0) is 31.1 Å². The second kappa shape index (κ2) is 4.66. The summed E-state index contributed by atoms with van der Waals surface area (Å²) in [5.74, 6) is 0. The molecule has 0 aromatic rings. The van der Waals surface area contributed by atoms with E-state index in [0.717, 1.165) is 6.54 Å². The van der Waals surface area contributed by atoms with Crippen LogP contribution in [0.3, 0.4) is 0 Å². The van der Waals surface area contributed by atoms with Crippen LogP contribution in [0.2, 0.25) is 0 Å². The lowest BCUT2D eigenvalue weighted by Gasteiger charge is -2.52. The first kappa shape index (κ1) is 12.4. The molecule has 1 heterocycles. The zero-order valence-electron chi connectivity index (χ0n) is 11.0. The Kier molecular flexibility index (Phi) is 3.60. The van der Waals surface area contributed by atoms with Crippen molar-refractivity contribution in [1.82, 2.24) is 4.90 Å². The summed E-state index contributed by atoms with van der Waals surface area (Å²) in [7, 11) is 0. The molecule has 2 heteroatoms. The summed E-state index contributed by atoms with van der Waals surface area (Å²) < 4.78 is 0. The fourth-order valence-corrected chi connectivity index (χ4v) is 3.53. The van der Waals surface area contributed by atoms with Crippen LogP contribution < -0.4 is 0 Å². The van der Waals surface area contributed by atoms with E-state index in [-0.39, 0.29) is 0 Å². The van der Waals surface area contributed by atoms with Crippen molar-refractivity contribution in [3.63, 3.8) is 0 Å². The molecule has 0 atom stereocenters. The Hall–Kier alpha value is -0.0800. The van der Waals surface area contributed by atoms with Gasteiger partial charge >= 0.3 is 0 Å². The van der Waals surface area contributed by atoms with E-state index in [1.807, 2.05) is 0 Å². The van der Waals surface area contributed by atoms with E-state index in [1.54, 1.807) is 0 Å². The Morgan fingerprint density at radius 3 is 1.94 bits per heavy atom. The molecule has 2 aliphatic rings. The molecule has 2 nitrogen and oxygen atoms in total. The molecule has 1 saturated heterocycles. The van der Waals surface area contributed by atoms with Gasteiger partial charge in [-0.15, -0.1) is 0 Å². The van der Waals surface area contributed by atoms with Crippen molar-refractivity contribution in [2.75, 3.05) is 26.2 Å². The molecule has 2 rings (SSSR count). The number of aliphatic hydroxyl groups excluding tert-OH is 1. The molecule has 0 radical (unpaired) electrons. The molecule has 0 unspecified atom stereocenters. The molecule has 0 spiro atoms. The lowest BCUT2D eigenvalue weighted by molar-refractivity contribution is -0.0325. The van der Waals surface area contributed by atoms with Crippen LogP contribution in [-0.4, -0.2) is 36.2 Å². The summed E-state index contributed by atoms with van der Waals surface area (Å²) in [6.07, 6.45) is 7.91. The minimum atomic E-state index is 0.310. The van der Waals surface area contributed by atoms with Crippen molar-refractivity contribution in [3.05, 3.63) is 0 Å². The van der Waals surface area contributed by atoms with Gasteiger partial charge in [0.1, 0.15) is 0 Å². The van der Waals surface area contributed by atoms with E-state index >= 15 is 0 Å². The molecule has 0 aromatic heterocycles. The number of hydrogen-bond acceptors (Lipinski definition) is 2. The summed E-state index contributed by atoms with van der Waals surface area (Å²) in [5.41, 5.74) is 0.944. The van der Waals surface area contributed by atoms with E-state index in [2.05, 4.69) is 18.7 Å². The third kappa shape index (κ3) is 2.43. The molecular formula is C14H27NO. The minimum Gasteiger partial charge on any atom is -0.396 e. The van der Waals surface area contributed by atoms with Gasteiger partial charge in [-0.25, -0.2) is 0 Å². The molecule has 1 saturated carbocycles. The van der Waals surface area contributed by atoms with E-state index in [4.69, 9.17) is 0 Å². The maximum absolute atomic E-state index is 9.34. The highest BCUT2D eigenvalue weighted by atomic mass is 16.3. The predicted molar refractivity (Wildman–Crippen MR) is 67.4 cm³/mol. The van der Waals surface area contributed by atoms with Crippen LogP contribution in [0.15, 0.2) is 0 Å². The zero-order valence-corrected chi connectivity index (χ0v) is 11.0. The average Bonchev–Trinajstić information content (AvgIpc) is 2.97. The average molecular weight is 225 g/mol. The highest BCUT2D eigenvalue weighted by Gasteiger charge is 2.48. The summed E-state index contributed by atoms with van der Waals surface area (Å²) in [6, 6.07) is 0. The summed E-state index contributed by atoms with van der Waals surface area (Å²) in [4.78, 5) is 2.58. The van der Waals surface area contributed by atoms with Gasteiger partial charge in [-0.1, -0.05) is 26.7 Å². The number of aliphatic hydroxyl groups is 1.